The van der Waals surface area contributed by atoms with Crippen LogP contribution in [-0.2, 0) is 4.79 Å². The molecule has 0 aliphatic carbocycles. The number of ether oxygens (including phenoxy) is 2. The highest BCUT2D eigenvalue weighted by atomic mass is 19.1. The number of aliphatic hydroxyl groups excluding tert-OH is 1. The Morgan fingerprint density at radius 2 is 1.74 bits per heavy atom. The van der Waals surface area contributed by atoms with Gasteiger partial charge in [-0.3, -0.25) is 9.29 Å². The van der Waals surface area contributed by atoms with Crippen molar-refractivity contribution in [3.8, 4) is 23.0 Å². The van der Waals surface area contributed by atoms with Gasteiger partial charge in [-0.25, -0.2) is 4.79 Å². The van der Waals surface area contributed by atoms with E-state index in [1.807, 2.05) is 43.3 Å². The number of alkyl halides is 1. The van der Waals surface area contributed by atoms with Crippen molar-refractivity contribution in [3.05, 3.63) is 83.4 Å². The third-order valence-electron chi connectivity index (χ3n) is 6.68. The first kappa shape index (κ1) is 27.9. The van der Waals surface area contributed by atoms with E-state index in [1.54, 1.807) is 30.3 Å². The molecule has 0 amide bonds. The van der Waals surface area contributed by atoms with Crippen LogP contribution in [0.25, 0.3) is 11.1 Å². The number of phenols is 2. The topological polar surface area (TPSA) is 120 Å². The number of carboxylic acids is 1. The molecule has 3 aromatic carbocycles. The molecular formula is C30H32FNO7. The van der Waals surface area contributed by atoms with Gasteiger partial charge in [0.05, 0.1) is 6.67 Å². The minimum absolute atomic E-state index is 0.176. The van der Waals surface area contributed by atoms with Crippen molar-refractivity contribution in [2.45, 2.75) is 13.0 Å². The molecule has 1 atom stereocenters. The summed E-state index contributed by atoms with van der Waals surface area (Å²) < 4.78 is 24.9. The maximum atomic E-state index is 12.6. The Hall–Kier alpha value is -4.08. The summed E-state index contributed by atoms with van der Waals surface area (Å²) in [7, 11) is 0. The largest absolute Gasteiger partial charge is 0.508 e. The number of aromatic hydroxyl groups is 2. The van der Waals surface area contributed by atoms with Gasteiger partial charge in [0.25, 0.3) is 0 Å². The second kappa shape index (κ2) is 12.6. The van der Waals surface area contributed by atoms with Gasteiger partial charge in [-0.05, 0) is 66.1 Å². The van der Waals surface area contributed by atoms with Crippen LogP contribution in [-0.4, -0.2) is 70.8 Å². The third kappa shape index (κ3) is 6.87. The smallest absolute Gasteiger partial charge is 0.329 e. The lowest BCUT2D eigenvalue weighted by molar-refractivity contribution is -0.140. The number of carboxylic acid groups (broad SMARTS) is 1. The van der Waals surface area contributed by atoms with Crippen molar-refractivity contribution in [1.82, 2.24) is 4.90 Å². The van der Waals surface area contributed by atoms with Gasteiger partial charge in [0, 0.05) is 36.7 Å². The summed E-state index contributed by atoms with van der Waals surface area (Å²) in [6, 6.07) is 20.1. The van der Waals surface area contributed by atoms with E-state index >= 15 is 0 Å². The summed E-state index contributed by atoms with van der Waals surface area (Å²) in [5.41, 5.74) is 4.56. The Morgan fingerprint density at radius 1 is 1.05 bits per heavy atom. The number of halogens is 1. The Balaban J connectivity index is 0.000000648. The lowest BCUT2D eigenvalue weighted by atomic mass is 9.86. The van der Waals surface area contributed by atoms with Crippen LogP contribution in [0.5, 0.6) is 23.0 Å². The van der Waals surface area contributed by atoms with Gasteiger partial charge in [0.2, 0.25) is 0 Å². The van der Waals surface area contributed by atoms with E-state index in [9.17, 15) is 14.6 Å². The number of hydrogen-bond acceptors (Lipinski definition) is 7. The number of aliphatic carboxylic acids is 1. The molecule has 0 unspecified atom stereocenters. The molecule has 5 rings (SSSR count). The van der Waals surface area contributed by atoms with Gasteiger partial charge >= 0.3 is 5.97 Å². The number of likely N-dealkylation sites (tertiary alicyclic amines) is 1. The summed E-state index contributed by atoms with van der Waals surface area (Å²) in [6.45, 7) is 3.95. The zero-order valence-corrected chi connectivity index (χ0v) is 21.6. The Morgan fingerprint density at radius 3 is 2.38 bits per heavy atom. The van der Waals surface area contributed by atoms with Gasteiger partial charge in [0.15, 0.2) is 0 Å². The summed E-state index contributed by atoms with van der Waals surface area (Å²) in [4.78, 5) is 11.3. The SMILES string of the molecule is CC1=C(c2cccc(O)c2)[C@H](c2ccc(OCCN3CC(CF)C3)cc2)Oc2ccc(O)cc21.O=C(O)CO. The van der Waals surface area contributed by atoms with E-state index in [1.165, 1.54) is 0 Å². The number of rotatable bonds is 8. The first-order valence-corrected chi connectivity index (χ1v) is 12.6. The number of nitrogens with zero attached hydrogens (tertiary/aromatic N) is 1. The maximum Gasteiger partial charge on any atom is 0.329 e. The monoisotopic (exact) mass is 537 g/mol. The third-order valence-corrected chi connectivity index (χ3v) is 6.68. The Labute approximate surface area is 226 Å². The van der Waals surface area contributed by atoms with Crippen molar-refractivity contribution >= 4 is 17.1 Å². The van der Waals surface area contributed by atoms with Crippen LogP contribution in [0.4, 0.5) is 4.39 Å². The van der Waals surface area contributed by atoms with Crippen LogP contribution in [0.2, 0.25) is 0 Å². The molecule has 39 heavy (non-hydrogen) atoms. The summed E-state index contributed by atoms with van der Waals surface area (Å²) in [5.74, 6) is 0.821. The van der Waals surface area contributed by atoms with Gasteiger partial charge in [-0.15, -0.1) is 0 Å². The molecule has 0 bridgehead atoms. The predicted octanol–water partition coefficient (Wildman–Crippen LogP) is 4.51. The second-order valence-electron chi connectivity index (χ2n) is 9.52. The molecule has 2 aliphatic rings. The van der Waals surface area contributed by atoms with E-state index in [0.29, 0.717) is 12.4 Å². The number of aliphatic hydroxyl groups is 1. The molecular weight excluding hydrogens is 505 g/mol. The first-order chi connectivity index (χ1) is 18.8. The highest BCUT2D eigenvalue weighted by Crippen LogP contribution is 2.47. The van der Waals surface area contributed by atoms with Crippen LogP contribution < -0.4 is 9.47 Å². The van der Waals surface area contributed by atoms with E-state index in [2.05, 4.69) is 4.90 Å². The minimum Gasteiger partial charge on any atom is -0.508 e. The molecule has 4 N–H and O–H groups in total. The lowest BCUT2D eigenvalue weighted by Gasteiger charge is -2.37. The van der Waals surface area contributed by atoms with Crippen LogP contribution in [0.15, 0.2) is 66.7 Å². The molecule has 3 aromatic rings. The molecule has 0 spiro atoms. The number of hydrogen-bond donors (Lipinski definition) is 4. The Kier molecular flexibility index (Phi) is 9.06. The first-order valence-electron chi connectivity index (χ1n) is 12.6. The maximum absolute atomic E-state index is 12.6. The zero-order valence-electron chi connectivity index (χ0n) is 21.6. The summed E-state index contributed by atoms with van der Waals surface area (Å²) in [5, 5.41) is 35.1. The fourth-order valence-electron chi connectivity index (χ4n) is 4.71. The summed E-state index contributed by atoms with van der Waals surface area (Å²) in [6.07, 6.45) is -0.383. The molecule has 1 fully saturated rings. The number of carbonyl (C=O) groups is 1. The number of phenolic OH excluding ortho intramolecular Hbond substituents is 2. The van der Waals surface area contributed by atoms with Crippen molar-refractivity contribution in [2.24, 2.45) is 5.92 Å². The summed E-state index contributed by atoms with van der Waals surface area (Å²) >= 11 is 0. The fourth-order valence-corrected chi connectivity index (χ4v) is 4.71. The molecule has 2 aliphatic heterocycles. The van der Waals surface area contributed by atoms with E-state index < -0.39 is 12.6 Å². The van der Waals surface area contributed by atoms with Gasteiger partial charge in [-0.2, -0.15) is 0 Å². The van der Waals surface area contributed by atoms with Crippen molar-refractivity contribution < 1.29 is 39.1 Å². The average Bonchev–Trinajstić information content (AvgIpc) is 2.91. The van der Waals surface area contributed by atoms with Crippen molar-refractivity contribution in [3.63, 3.8) is 0 Å². The molecule has 1 saturated heterocycles. The normalized spacial score (nSPS) is 16.8. The van der Waals surface area contributed by atoms with Crippen LogP contribution in [0.3, 0.4) is 0 Å². The molecule has 206 valence electrons. The molecule has 0 aromatic heterocycles. The predicted molar refractivity (Wildman–Crippen MR) is 145 cm³/mol. The molecule has 8 nitrogen and oxygen atoms in total. The number of allylic oxidation sites excluding steroid dienone is 1. The zero-order chi connectivity index (χ0) is 27.9. The second-order valence-corrected chi connectivity index (χ2v) is 9.52. The molecule has 0 radical (unpaired) electrons. The quantitative estimate of drug-likeness (QED) is 0.332. The molecule has 2 heterocycles. The highest BCUT2D eigenvalue weighted by Gasteiger charge is 2.30. The van der Waals surface area contributed by atoms with Crippen molar-refractivity contribution in [1.29, 1.82) is 0 Å². The van der Waals surface area contributed by atoms with E-state index in [0.717, 1.165) is 53.2 Å². The average molecular weight is 538 g/mol. The van der Waals surface area contributed by atoms with Crippen LogP contribution in [0.1, 0.15) is 29.7 Å². The van der Waals surface area contributed by atoms with Gasteiger partial charge in [0.1, 0.15) is 42.3 Å². The number of fused-ring (bicyclic) bond motifs is 1. The van der Waals surface area contributed by atoms with E-state index in [-0.39, 0.29) is 30.2 Å². The highest BCUT2D eigenvalue weighted by molar-refractivity contribution is 5.95. The number of benzene rings is 3. The molecule has 0 saturated carbocycles. The van der Waals surface area contributed by atoms with Gasteiger partial charge < -0.3 is 29.9 Å². The van der Waals surface area contributed by atoms with Crippen molar-refractivity contribution in [2.75, 3.05) is 39.5 Å². The van der Waals surface area contributed by atoms with Crippen LogP contribution in [0, 0.1) is 5.92 Å². The van der Waals surface area contributed by atoms with Gasteiger partial charge in [-0.1, -0.05) is 24.3 Å². The minimum atomic E-state index is -1.19. The Bertz CT molecular complexity index is 1320. The standard InChI is InChI=1S/C28H28FNO4.C2H4O3/c1-18-25-14-23(32)7-10-26(25)34-28(27(18)21-3-2-4-22(31)13-21)20-5-8-24(9-6-20)33-12-11-30-16-19(15-29)17-30;3-1-2(4)5/h2-10,13-14,19,28,31-32H,11-12,15-17H2,1H3;3H,1H2,(H,4,5)/t28-;/m0./s1. The molecule has 9 heteroatoms. The lowest BCUT2D eigenvalue weighted by Crippen LogP contribution is -2.49. The van der Waals surface area contributed by atoms with E-state index in [4.69, 9.17) is 24.5 Å². The fraction of sp³-hybridized carbons (Fsp3) is 0.300. The van der Waals surface area contributed by atoms with Crippen LogP contribution >= 0.6 is 0 Å².